The van der Waals surface area contributed by atoms with E-state index < -0.39 is 0 Å². The standard InChI is InChI=1S/C15H14ClN5.C10H14O2/c1-10-13(16)8-9-17-14(10)7-4-11-2-5-12(6-3-11)15-18-20-21-19-15;1-4-8-5-9(11-2)7-10(6-8)12-3/h2-3,5-6,8-9H,4,7H2,1H3,(H,18,19,20,21);5-7H,4H2,1-3H3. The predicted octanol–water partition coefficient (Wildman–Crippen LogP) is 5.27. The van der Waals surface area contributed by atoms with Crippen LogP contribution in [0.4, 0.5) is 0 Å². The first-order valence-electron chi connectivity index (χ1n) is 10.7. The van der Waals surface area contributed by atoms with Gasteiger partial charge in [0.1, 0.15) is 11.5 Å². The summed E-state index contributed by atoms with van der Waals surface area (Å²) in [7, 11) is 3.32. The van der Waals surface area contributed by atoms with Crippen molar-refractivity contribution in [3.63, 3.8) is 0 Å². The fourth-order valence-corrected chi connectivity index (χ4v) is 3.41. The van der Waals surface area contributed by atoms with Crippen molar-refractivity contribution >= 4 is 11.6 Å². The molecule has 2 aromatic carbocycles. The molecule has 2 aromatic heterocycles. The van der Waals surface area contributed by atoms with Gasteiger partial charge in [0.15, 0.2) is 0 Å². The van der Waals surface area contributed by atoms with E-state index in [-0.39, 0.29) is 0 Å². The van der Waals surface area contributed by atoms with Crippen LogP contribution in [0.2, 0.25) is 5.02 Å². The Balaban J connectivity index is 0.000000218. The molecule has 8 heteroatoms. The average molecular weight is 466 g/mol. The lowest BCUT2D eigenvalue weighted by atomic mass is 10.0. The number of nitrogens with one attached hydrogen (secondary N) is 1. The number of methoxy groups -OCH3 is 2. The van der Waals surface area contributed by atoms with Crippen LogP contribution < -0.4 is 9.47 Å². The van der Waals surface area contributed by atoms with Crippen LogP contribution in [0.25, 0.3) is 11.4 Å². The number of aryl methyl sites for hydroxylation is 3. The number of aromatic amines is 1. The van der Waals surface area contributed by atoms with Crippen LogP contribution in [0.3, 0.4) is 0 Å². The van der Waals surface area contributed by atoms with Crippen molar-refractivity contribution in [3.05, 3.63) is 82.1 Å². The number of pyridine rings is 1. The third kappa shape index (κ3) is 6.76. The molecule has 33 heavy (non-hydrogen) atoms. The van der Waals surface area contributed by atoms with Gasteiger partial charge in [-0.2, -0.15) is 5.21 Å². The van der Waals surface area contributed by atoms with Gasteiger partial charge in [-0.05, 0) is 66.3 Å². The summed E-state index contributed by atoms with van der Waals surface area (Å²) in [5, 5.41) is 14.7. The number of aromatic nitrogens is 5. The predicted molar refractivity (Wildman–Crippen MR) is 130 cm³/mol. The normalized spacial score (nSPS) is 10.3. The number of benzene rings is 2. The molecule has 0 amide bonds. The van der Waals surface area contributed by atoms with Crippen LogP contribution in [0.1, 0.15) is 29.3 Å². The van der Waals surface area contributed by atoms with Crippen LogP contribution in [0.5, 0.6) is 11.5 Å². The van der Waals surface area contributed by atoms with Gasteiger partial charge < -0.3 is 9.47 Å². The Morgan fingerprint density at radius 2 is 1.61 bits per heavy atom. The monoisotopic (exact) mass is 465 g/mol. The van der Waals surface area contributed by atoms with Crippen molar-refractivity contribution < 1.29 is 9.47 Å². The molecule has 2 heterocycles. The lowest BCUT2D eigenvalue weighted by Gasteiger charge is -2.06. The lowest BCUT2D eigenvalue weighted by molar-refractivity contribution is 0.393. The van der Waals surface area contributed by atoms with E-state index in [2.05, 4.69) is 44.7 Å². The third-order valence-corrected chi connectivity index (χ3v) is 5.68. The smallest absolute Gasteiger partial charge is 0.204 e. The van der Waals surface area contributed by atoms with E-state index in [1.165, 1.54) is 11.1 Å². The maximum absolute atomic E-state index is 6.11. The van der Waals surface area contributed by atoms with E-state index in [1.54, 1.807) is 20.4 Å². The first-order valence-corrected chi connectivity index (χ1v) is 11.1. The van der Waals surface area contributed by atoms with Gasteiger partial charge in [0.25, 0.3) is 0 Å². The SMILES string of the molecule is CCc1cc(OC)cc(OC)c1.Cc1c(Cl)ccnc1CCc1ccc(-c2nn[nH]n2)cc1. The van der Waals surface area contributed by atoms with Gasteiger partial charge in [0.05, 0.1) is 14.2 Å². The number of H-pyrrole nitrogens is 1. The largest absolute Gasteiger partial charge is 0.497 e. The molecule has 7 nitrogen and oxygen atoms in total. The number of ether oxygens (including phenoxy) is 2. The van der Waals surface area contributed by atoms with Gasteiger partial charge in [-0.3, -0.25) is 4.98 Å². The Hall–Kier alpha value is -3.45. The number of halogens is 1. The van der Waals surface area contributed by atoms with Gasteiger partial charge >= 0.3 is 0 Å². The molecule has 0 bridgehead atoms. The summed E-state index contributed by atoms with van der Waals surface area (Å²) < 4.78 is 10.2. The fraction of sp³-hybridized carbons (Fsp3) is 0.280. The fourth-order valence-electron chi connectivity index (χ4n) is 3.24. The van der Waals surface area contributed by atoms with Crippen LogP contribution in [-0.4, -0.2) is 39.8 Å². The summed E-state index contributed by atoms with van der Waals surface area (Å²) in [6.07, 6.45) is 4.53. The summed E-state index contributed by atoms with van der Waals surface area (Å²) in [5.41, 5.74) is 5.52. The van der Waals surface area contributed by atoms with Gasteiger partial charge in [-0.1, -0.05) is 42.8 Å². The van der Waals surface area contributed by atoms with Crippen molar-refractivity contribution in [2.24, 2.45) is 0 Å². The summed E-state index contributed by atoms with van der Waals surface area (Å²) in [5.74, 6) is 2.31. The molecule has 0 aliphatic carbocycles. The molecule has 0 spiro atoms. The van der Waals surface area contributed by atoms with E-state index in [9.17, 15) is 0 Å². The first kappa shape index (κ1) is 24.2. The summed E-state index contributed by atoms with van der Waals surface area (Å²) >= 11 is 6.11. The molecule has 0 saturated carbocycles. The van der Waals surface area contributed by atoms with E-state index in [0.29, 0.717) is 5.82 Å². The highest BCUT2D eigenvalue weighted by molar-refractivity contribution is 6.31. The molecule has 0 radical (unpaired) electrons. The van der Waals surface area contributed by atoms with Crippen LogP contribution in [0, 0.1) is 6.92 Å². The second-order valence-electron chi connectivity index (χ2n) is 7.37. The Labute approximate surface area is 199 Å². The van der Waals surface area contributed by atoms with Crippen molar-refractivity contribution in [3.8, 4) is 22.9 Å². The molecular weight excluding hydrogens is 438 g/mol. The highest BCUT2D eigenvalue weighted by atomic mass is 35.5. The van der Waals surface area contributed by atoms with E-state index in [1.807, 2.05) is 43.3 Å². The van der Waals surface area contributed by atoms with Crippen LogP contribution in [0.15, 0.2) is 54.7 Å². The minimum atomic E-state index is 0.605. The van der Waals surface area contributed by atoms with Gasteiger partial charge in [0.2, 0.25) is 5.82 Å². The summed E-state index contributed by atoms with van der Waals surface area (Å²) in [6, 6.07) is 15.9. The van der Waals surface area contributed by atoms with Gasteiger partial charge in [-0.25, -0.2) is 0 Å². The number of hydrogen-bond acceptors (Lipinski definition) is 6. The van der Waals surface area contributed by atoms with Gasteiger partial charge in [-0.15, -0.1) is 10.2 Å². The molecule has 4 rings (SSSR count). The zero-order valence-corrected chi connectivity index (χ0v) is 20.1. The topological polar surface area (TPSA) is 85.8 Å². The Kier molecular flexibility index (Phi) is 8.78. The Morgan fingerprint density at radius 3 is 2.18 bits per heavy atom. The maximum Gasteiger partial charge on any atom is 0.204 e. The van der Waals surface area contributed by atoms with Crippen LogP contribution in [-0.2, 0) is 19.3 Å². The van der Waals surface area contributed by atoms with Crippen molar-refractivity contribution in [1.82, 2.24) is 25.6 Å². The van der Waals surface area contributed by atoms with E-state index >= 15 is 0 Å². The molecule has 0 aliphatic heterocycles. The molecule has 0 saturated heterocycles. The number of tetrazole rings is 1. The second-order valence-corrected chi connectivity index (χ2v) is 7.78. The van der Waals surface area contributed by atoms with Crippen molar-refractivity contribution in [1.29, 1.82) is 0 Å². The lowest BCUT2D eigenvalue weighted by Crippen LogP contribution is -1.98. The van der Waals surface area contributed by atoms with Crippen molar-refractivity contribution in [2.75, 3.05) is 14.2 Å². The number of rotatable bonds is 7. The third-order valence-electron chi connectivity index (χ3n) is 5.27. The average Bonchev–Trinajstić information content (AvgIpc) is 3.40. The molecule has 0 aliphatic rings. The summed E-state index contributed by atoms with van der Waals surface area (Å²) in [6.45, 7) is 4.11. The number of nitrogens with zero attached hydrogens (tertiary/aromatic N) is 4. The molecule has 4 aromatic rings. The minimum Gasteiger partial charge on any atom is -0.497 e. The zero-order valence-electron chi connectivity index (χ0n) is 19.3. The number of hydrogen-bond donors (Lipinski definition) is 1. The highest BCUT2D eigenvalue weighted by Gasteiger charge is 2.06. The maximum atomic E-state index is 6.11. The first-order chi connectivity index (χ1) is 16.0. The zero-order chi connectivity index (χ0) is 23.6. The molecule has 0 fully saturated rings. The van der Waals surface area contributed by atoms with Crippen molar-refractivity contribution in [2.45, 2.75) is 33.1 Å². The second kappa shape index (κ2) is 12.0. The van der Waals surface area contributed by atoms with E-state index in [4.69, 9.17) is 21.1 Å². The van der Waals surface area contributed by atoms with Gasteiger partial charge in [0, 0.05) is 28.5 Å². The Morgan fingerprint density at radius 1 is 0.909 bits per heavy atom. The van der Waals surface area contributed by atoms with E-state index in [0.717, 1.165) is 52.6 Å². The molecule has 0 unspecified atom stereocenters. The Bertz CT molecular complexity index is 1090. The van der Waals surface area contributed by atoms with Crippen LogP contribution >= 0.6 is 11.6 Å². The molecule has 0 atom stereocenters. The molecule has 1 N–H and O–H groups in total. The molecular formula is C25H28ClN5O2. The minimum absolute atomic E-state index is 0.605. The quantitative estimate of drug-likeness (QED) is 0.400. The highest BCUT2D eigenvalue weighted by Crippen LogP contribution is 2.22. The summed E-state index contributed by atoms with van der Waals surface area (Å²) in [4.78, 5) is 4.40. The molecule has 172 valence electrons.